The lowest BCUT2D eigenvalue weighted by atomic mass is 9.98. The number of halogens is 1. The van der Waals surface area contributed by atoms with Crippen LogP contribution in [0, 0.1) is 11.8 Å². The highest BCUT2D eigenvalue weighted by Gasteiger charge is 2.42. The largest absolute Gasteiger partial charge is 0.385 e. The van der Waals surface area contributed by atoms with Crippen LogP contribution in [0.2, 0.25) is 5.02 Å². The maximum Gasteiger partial charge on any atom is 0.229 e. The minimum Gasteiger partial charge on any atom is -0.385 e. The number of aromatic nitrogens is 1. The van der Waals surface area contributed by atoms with E-state index in [1.165, 1.54) is 4.31 Å². The number of hydrogen-bond acceptors (Lipinski definition) is 6. The topological polar surface area (TPSA) is 101 Å². The Morgan fingerprint density at radius 2 is 1.94 bits per heavy atom. The van der Waals surface area contributed by atoms with Gasteiger partial charge in [-0.3, -0.25) is 4.79 Å². The first-order valence-electron chi connectivity index (χ1n) is 12.8. The third-order valence-corrected chi connectivity index (χ3v) is 9.94. The van der Waals surface area contributed by atoms with Crippen LogP contribution in [-0.4, -0.2) is 61.7 Å². The molecule has 36 heavy (non-hydrogen) atoms. The van der Waals surface area contributed by atoms with Gasteiger partial charge in [-0.1, -0.05) is 23.7 Å². The van der Waals surface area contributed by atoms with E-state index in [1.54, 1.807) is 12.3 Å². The van der Waals surface area contributed by atoms with Crippen LogP contribution in [0.4, 0.5) is 11.5 Å². The summed E-state index contributed by atoms with van der Waals surface area (Å²) in [7, 11) is -3.28. The second kappa shape index (κ2) is 11.0. The molecule has 0 radical (unpaired) electrons. The zero-order valence-corrected chi connectivity index (χ0v) is 21.9. The van der Waals surface area contributed by atoms with Gasteiger partial charge in [-0.25, -0.2) is 17.7 Å². The Labute approximate surface area is 217 Å². The number of pyridine rings is 1. The molecule has 1 saturated carbocycles. The molecule has 2 aromatic rings. The summed E-state index contributed by atoms with van der Waals surface area (Å²) in [4.78, 5) is 17.3. The van der Waals surface area contributed by atoms with E-state index in [4.69, 9.17) is 16.3 Å². The fourth-order valence-corrected chi connectivity index (χ4v) is 7.07. The number of piperidine rings is 1. The molecule has 3 heterocycles. The molecule has 0 spiro atoms. The number of ether oxygens (including phenoxy) is 1. The monoisotopic (exact) mass is 532 g/mol. The van der Waals surface area contributed by atoms with E-state index in [0.29, 0.717) is 36.1 Å². The van der Waals surface area contributed by atoms with E-state index < -0.39 is 15.9 Å². The average Bonchev–Trinajstić information content (AvgIpc) is 3.76. The molecule has 0 bridgehead atoms. The Morgan fingerprint density at radius 1 is 1.14 bits per heavy atom. The van der Waals surface area contributed by atoms with E-state index in [-0.39, 0.29) is 17.7 Å². The molecule has 2 N–H and O–H groups in total. The third-order valence-electron chi connectivity index (χ3n) is 7.28. The lowest BCUT2D eigenvalue weighted by Crippen LogP contribution is -2.45. The van der Waals surface area contributed by atoms with Crippen molar-refractivity contribution in [1.29, 1.82) is 0 Å². The molecule has 5 rings (SSSR count). The fourth-order valence-electron chi connectivity index (χ4n) is 4.93. The maximum atomic E-state index is 13.0. The second-order valence-electron chi connectivity index (χ2n) is 10.00. The van der Waals surface area contributed by atoms with Crippen LogP contribution in [0.3, 0.4) is 0 Å². The summed E-state index contributed by atoms with van der Waals surface area (Å²) in [6, 6.07) is 9.82. The average molecular weight is 533 g/mol. The number of nitrogens with one attached hydrogen (secondary N) is 2. The summed E-state index contributed by atoms with van der Waals surface area (Å²) in [5, 5.41) is 6.65. The summed E-state index contributed by atoms with van der Waals surface area (Å²) in [5.41, 5.74) is 2.71. The number of benzene rings is 1. The summed E-state index contributed by atoms with van der Waals surface area (Å²) < 4.78 is 32.2. The Bertz CT molecular complexity index is 1200. The molecular formula is C26H33ClN4O4S. The highest BCUT2D eigenvalue weighted by atomic mass is 35.5. The normalized spacial score (nSPS) is 21.8. The lowest BCUT2D eigenvalue weighted by Gasteiger charge is -2.31. The van der Waals surface area contributed by atoms with Gasteiger partial charge in [0.1, 0.15) is 5.82 Å². The van der Waals surface area contributed by atoms with Gasteiger partial charge in [-0.05, 0) is 68.2 Å². The smallest absolute Gasteiger partial charge is 0.229 e. The highest BCUT2D eigenvalue weighted by molar-refractivity contribution is 7.90. The van der Waals surface area contributed by atoms with Crippen molar-refractivity contribution < 1.29 is 17.9 Å². The molecule has 1 amide bonds. The van der Waals surface area contributed by atoms with Crippen LogP contribution in [0.1, 0.15) is 38.5 Å². The van der Waals surface area contributed by atoms with E-state index in [2.05, 4.69) is 15.6 Å². The van der Waals surface area contributed by atoms with Crippen molar-refractivity contribution in [1.82, 2.24) is 9.29 Å². The molecule has 10 heteroatoms. The zero-order valence-electron chi connectivity index (χ0n) is 20.3. The molecule has 2 saturated heterocycles. The SMILES string of the molecule is O=C(Nc1cc(-c2cccc(NCC3CCOCC3)c2)c(Cl)cn1)C1CCCN(S(=O)(=O)C2CC2)C1. The minimum absolute atomic E-state index is 0.210. The number of nitrogens with zero attached hydrogens (tertiary/aromatic N) is 2. The molecule has 3 fully saturated rings. The molecule has 8 nitrogen and oxygen atoms in total. The van der Waals surface area contributed by atoms with E-state index in [9.17, 15) is 13.2 Å². The highest BCUT2D eigenvalue weighted by Crippen LogP contribution is 2.34. The minimum atomic E-state index is -3.28. The van der Waals surface area contributed by atoms with Gasteiger partial charge in [0.05, 0.1) is 16.2 Å². The Morgan fingerprint density at radius 3 is 2.72 bits per heavy atom. The van der Waals surface area contributed by atoms with Crippen LogP contribution in [0.25, 0.3) is 11.1 Å². The standard InChI is InChI=1S/C26H33ClN4O4S/c27-24-16-29-25(30-26(32)20-4-2-10-31(17-20)36(33,34)22-6-7-22)14-23(24)19-3-1-5-21(13-19)28-15-18-8-11-35-12-9-18/h1,3,5,13-14,16,18,20,22,28H,2,4,6-12,15,17H2,(H,29,30,32). The van der Waals surface area contributed by atoms with Crippen LogP contribution in [0.5, 0.6) is 0 Å². The number of rotatable bonds is 8. The van der Waals surface area contributed by atoms with Gasteiger partial charge < -0.3 is 15.4 Å². The number of hydrogen-bond donors (Lipinski definition) is 2. The molecule has 3 aliphatic rings. The van der Waals surface area contributed by atoms with Gasteiger partial charge in [-0.15, -0.1) is 0 Å². The Kier molecular flexibility index (Phi) is 7.81. The molecule has 194 valence electrons. The van der Waals surface area contributed by atoms with Crippen LogP contribution in [-0.2, 0) is 19.6 Å². The Hall–Kier alpha value is -2.20. The van der Waals surface area contributed by atoms with Gasteiger partial charge in [0.25, 0.3) is 0 Å². The maximum absolute atomic E-state index is 13.0. The molecular weight excluding hydrogens is 500 g/mol. The number of carbonyl (C=O) groups is 1. The summed E-state index contributed by atoms with van der Waals surface area (Å²) in [6.45, 7) is 3.26. The fraction of sp³-hybridized carbons (Fsp3) is 0.538. The third kappa shape index (κ3) is 6.02. The summed E-state index contributed by atoms with van der Waals surface area (Å²) in [6.07, 6.45) is 6.45. The number of sulfonamides is 1. The molecule has 1 unspecified atom stereocenters. The van der Waals surface area contributed by atoms with Crippen molar-refractivity contribution in [2.45, 2.75) is 43.8 Å². The Balaban J connectivity index is 1.25. The van der Waals surface area contributed by atoms with Crippen LogP contribution < -0.4 is 10.6 Å². The molecule has 1 aliphatic carbocycles. The summed E-state index contributed by atoms with van der Waals surface area (Å²) in [5.74, 6) is 0.398. The van der Waals surface area contributed by atoms with Gasteiger partial charge in [0.15, 0.2) is 0 Å². The van der Waals surface area contributed by atoms with Gasteiger partial charge in [-0.2, -0.15) is 0 Å². The number of anilines is 2. The van der Waals surface area contributed by atoms with Crippen LogP contribution in [0.15, 0.2) is 36.5 Å². The van der Waals surface area contributed by atoms with E-state index in [0.717, 1.165) is 62.3 Å². The first-order valence-corrected chi connectivity index (χ1v) is 14.7. The number of carbonyl (C=O) groups excluding carboxylic acids is 1. The molecule has 1 aromatic heterocycles. The lowest BCUT2D eigenvalue weighted by molar-refractivity contribution is -0.120. The first-order chi connectivity index (χ1) is 17.4. The van der Waals surface area contributed by atoms with Crippen molar-refractivity contribution in [3.63, 3.8) is 0 Å². The van der Waals surface area contributed by atoms with Gasteiger partial charge >= 0.3 is 0 Å². The van der Waals surface area contributed by atoms with Crippen molar-refractivity contribution >= 4 is 39.0 Å². The molecule has 1 aromatic carbocycles. The second-order valence-corrected chi connectivity index (χ2v) is 12.6. The predicted octanol–water partition coefficient (Wildman–Crippen LogP) is 4.38. The van der Waals surface area contributed by atoms with E-state index in [1.807, 2.05) is 24.3 Å². The molecule has 1 atom stereocenters. The van der Waals surface area contributed by atoms with E-state index >= 15 is 0 Å². The summed E-state index contributed by atoms with van der Waals surface area (Å²) >= 11 is 6.49. The van der Waals surface area contributed by atoms with Crippen molar-refractivity contribution in [2.75, 3.05) is 43.5 Å². The predicted molar refractivity (Wildman–Crippen MR) is 142 cm³/mol. The number of amides is 1. The molecule has 2 aliphatic heterocycles. The van der Waals surface area contributed by atoms with Crippen molar-refractivity contribution in [2.24, 2.45) is 11.8 Å². The van der Waals surface area contributed by atoms with Crippen molar-refractivity contribution in [3.05, 3.63) is 41.6 Å². The van der Waals surface area contributed by atoms with Gasteiger partial charge in [0.2, 0.25) is 15.9 Å². The van der Waals surface area contributed by atoms with Crippen LogP contribution >= 0.6 is 11.6 Å². The zero-order chi connectivity index (χ0) is 25.1. The van der Waals surface area contributed by atoms with Crippen molar-refractivity contribution in [3.8, 4) is 11.1 Å². The quantitative estimate of drug-likeness (QED) is 0.523. The van der Waals surface area contributed by atoms with Gasteiger partial charge in [0, 0.05) is 50.3 Å². The first kappa shape index (κ1) is 25.4.